The summed E-state index contributed by atoms with van der Waals surface area (Å²) >= 11 is 0. The van der Waals surface area contributed by atoms with E-state index in [1.807, 2.05) is 31.2 Å². The van der Waals surface area contributed by atoms with Crippen molar-refractivity contribution in [3.63, 3.8) is 0 Å². The topological polar surface area (TPSA) is 109 Å². The number of amides is 2. The molecule has 21 heavy (non-hydrogen) atoms. The van der Waals surface area contributed by atoms with Crippen molar-refractivity contribution in [3.05, 3.63) is 41.5 Å². The standard InChI is InChI=1S/C15H18N2O4/c1-10-3-2-4-11(9-10)5-8-14(19)17-12(15(20)21)6-7-13(16)18/h2-5,8-9,12H,6-7H2,1H3,(H2,16,18)(H,17,19)(H,20,21)/b8-5+/t12-/m1/s1. The second-order valence-corrected chi connectivity index (χ2v) is 4.65. The number of carbonyl (C=O) groups excluding carboxylic acids is 2. The smallest absolute Gasteiger partial charge is 0.326 e. The van der Waals surface area contributed by atoms with Crippen LogP contribution >= 0.6 is 0 Å². The number of hydrogen-bond donors (Lipinski definition) is 3. The Labute approximate surface area is 122 Å². The monoisotopic (exact) mass is 290 g/mol. The zero-order chi connectivity index (χ0) is 15.8. The molecule has 6 nitrogen and oxygen atoms in total. The number of aryl methyl sites for hydroxylation is 1. The lowest BCUT2D eigenvalue weighted by Gasteiger charge is -2.11. The van der Waals surface area contributed by atoms with Crippen LogP contribution in [-0.4, -0.2) is 28.9 Å². The lowest BCUT2D eigenvalue weighted by Crippen LogP contribution is -2.40. The predicted molar refractivity (Wildman–Crippen MR) is 78.2 cm³/mol. The van der Waals surface area contributed by atoms with Gasteiger partial charge < -0.3 is 16.2 Å². The molecule has 0 aromatic heterocycles. The molecule has 0 spiro atoms. The number of carboxylic acids is 1. The van der Waals surface area contributed by atoms with Crippen LogP contribution in [-0.2, 0) is 14.4 Å². The van der Waals surface area contributed by atoms with Crippen molar-refractivity contribution in [3.8, 4) is 0 Å². The molecule has 1 aromatic rings. The van der Waals surface area contributed by atoms with Gasteiger partial charge in [0.15, 0.2) is 0 Å². The van der Waals surface area contributed by atoms with Crippen LogP contribution in [0.4, 0.5) is 0 Å². The maximum Gasteiger partial charge on any atom is 0.326 e. The van der Waals surface area contributed by atoms with Crippen LogP contribution < -0.4 is 11.1 Å². The average Bonchev–Trinajstić information content (AvgIpc) is 2.40. The maximum absolute atomic E-state index is 11.7. The minimum atomic E-state index is -1.20. The number of primary amides is 1. The molecule has 1 rings (SSSR count). The molecular weight excluding hydrogens is 272 g/mol. The highest BCUT2D eigenvalue weighted by molar-refractivity contribution is 5.94. The van der Waals surface area contributed by atoms with Crippen LogP contribution in [0.2, 0.25) is 0 Å². The van der Waals surface area contributed by atoms with E-state index in [1.165, 1.54) is 6.08 Å². The van der Waals surface area contributed by atoms with Gasteiger partial charge in [-0.2, -0.15) is 0 Å². The fourth-order valence-corrected chi connectivity index (χ4v) is 1.71. The third-order valence-electron chi connectivity index (χ3n) is 2.76. The lowest BCUT2D eigenvalue weighted by molar-refractivity contribution is -0.141. The molecule has 0 aliphatic rings. The number of benzene rings is 1. The zero-order valence-corrected chi connectivity index (χ0v) is 11.7. The van der Waals surface area contributed by atoms with E-state index in [2.05, 4.69) is 5.32 Å². The molecule has 0 saturated heterocycles. The van der Waals surface area contributed by atoms with E-state index in [9.17, 15) is 14.4 Å². The Balaban J connectivity index is 2.61. The summed E-state index contributed by atoms with van der Waals surface area (Å²) < 4.78 is 0. The van der Waals surface area contributed by atoms with E-state index >= 15 is 0 Å². The van der Waals surface area contributed by atoms with Crippen LogP contribution in [0.3, 0.4) is 0 Å². The highest BCUT2D eigenvalue weighted by Crippen LogP contribution is 2.06. The molecule has 0 heterocycles. The Bertz CT molecular complexity index is 567. The third-order valence-corrected chi connectivity index (χ3v) is 2.76. The first-order valence-electron chi connectivity index (χ1n) is 6.45. The second-order valence-electron chi connectivity index (χ2n) is 4.65. The van der Waals surface area contributed by atoms with Gasteiger partial charge in [-0.05, 0) is 25.0 Å². The molecule has 6 heteroatoms. The molecule has 0 fully saturated rings. The summed E-state index contributed by atoms with van der Waals surface area (Å²) in [5.74, 6) is -2.34. The fraction of sp³-hybridized carbons (Fsp3) is 0.267. The fourth-order valence-electron chi connectivity index (χ4n) is 1.71. The van der Waals surface area contributed by atoms with Gasteiger partial charge in [0.05, 0.1) is 0 Å². The van der Waals surface area contributed by atoms with Crippen LogP contribution in [0.15, 0.2) is 30.3 Å². The number of hydrogen-bond acceptors (Lipinski definition) is 3. The molecule has 4 N–H and O–H groups in total. The Kier molecular flexibility index (Phi) is 6.13. The Hall–Kier alpha value is -2.63. The normalized spacial score (nSPS) is 12.0. The van der Waals surface area contributed by atoms with Crippen molar-refractivity contribution in [1.29, 1.82) is 0 Å². The lowest BCUT2D eigenvalue weighted by atomic mass is 10.1. The summed E-state index contributed by atoms with van der Waals surface area (Å²) in [4.78, 5) is 33.3. The zero-order valence-electron chi connectivity index (χ0n) is 11.7. The minimum absolute atomic E-state index is 0.0330. The average molecular weight is 290 g/mol. The first-order chi connectivity index (χ1) is 9.88. The van der Waals surface area contributed by atoms with Crippen LogP contribution in [0.25, 0.3) is 6.08 Å². The Morgan fingerprint density at radius 3 is 2.67 bits per heavy atom. The minimum Gasteiger partial charge on any atom is -0.480 e. The number of carboxylic acid groups (broad SMARTS) is 1. The van der Waals surface area contributed by atoms with Crippen molar-refractivity contribution >= 4 is 23.9 Å². The molecule has 0 aliphatic heterocycles. The van der Waals surface area contributed by atoms with Gasteiger partial charge in [-0.3, -0.25) is 9.59 Å². The number of aliphatic carboxylic acids is 1. The summed E-state index contributed by atoms with van der Waals surface area (Å²) in [5.41, 5.74) is 6.86. The van der Waals surface area contributed by atoms with Crippen LogP contribution in [0.5, 0.6) is 0 Å². The summed E-state index contributed by atoms with van der Waals surface area (Å²) in [6.45, 7) is 1.93. The molecule has 1 atom stereocenters. The molecule has 1 aromatic carbocycles. The first-order valence-corrected chi connectivity index (χ1v) is 6.45. The molecule has 0 radical (unpaired) electrons. The number of carbonyl (C=O) groups is 3. The van der Waals surface area contributed by atoms with Gasteiger partial charge in [0, 0.05) is 12.5 Å². The largest absolute Gasteiger partial charge is 0.480 e. The molecule has 0 bridgehead atoms. The van der Waals surface area contributed by atoms with E-state index in [1.54, 1.807) is 6.08 Å². The molecule has 112 valence electrons. The van der Waals surface area contributed by atoms with Crippen molar-refractivity contribution in [2.24, 2.45) is 5.73 Å². The first kappa shape index (κ1) is 16.4. The van der Waals surface area contributed by atoms with E-state index in [0.29, 0.717) is 0 Å². The summed E-state index contributed by atoms with van der Waals surface area (Å²) in [6.07, 6.45) is 2.72. The summed E-state index contributed by atoms with van der Waals surface area (Å²) in [6, 6.07) is 6.39. The molecule has 0 aliphatic carbocycles. The second kappa shape index (κ2) is 7.84. The Morgan fingerprint density at radius 2 is 2.10 bits per heavy atom. The van der Waals surface area contributed by atoms with Gasteiger partial charge in [0.25, 0.3) is 0 Å². The predicted octanol–water partition coefficient (Wildman–Crippen LogP) is 0.843. The molecule has 0 saturated carbocycles. The van der Waals surface area contributed by atoms with Gasteiger partial charge in [0.1, 0.15) is 6.04 Å². The van der Waals surface area contributed by atoms with Gasteiger partial charge >= 0.3 is 5.97 Å². The summed E-state index contributed by atoms with van der Waals surface area (Å²) in [7, 11) is 0. The van der Waals surface area contributed by atoms with Gasteiger partial charge in [-0.25, -0.2) is 4.79 Å². The van der Waals surface area contributed by atoms with E-state index in [0.717, 1.165) is 11.1 Å². The highest BCUT2D eigenvalue weighted by atomic mass is 16.4. The molecular formula is C15H18N2O4. The van der Waals surface area contributed by atoms with Crippen molar-refractivity contribution < 1.29 is 19.5 Å². The van der Waals surface area contributed by atoms with Crippen LogP contribution in [0, 0.1) is 6.92 Å². The molecule has 0 unspecified atom stereocenters. The number of nitrogens with two attached hydrogens (primary N) is 1. The van der Waals surface area contributed by atoms with Crippen molar-refractivity contribution in [2.75, 3.05) is 0 Å². The van der Waals surface area contributed by atoms with E-state index in [-0.39, 0.29) is 12.8 Å². The van der Waals surface area contributed by atoms with Crippen molar-refractivity contribution in [1.82, 2.24) is 5.32 Å². The third kappa shape index (κ3) is 6.38. The highest BCUT2D eigenvalue weighted by Gasteiger charge is 2.19. The maximum atomic E-state index is 11.7. The quantitative estimate of drug-likeness (QED) is 0.646. The Morgan fingerprint density at radius 1 is 1.38 bits per heavy atom. The van der Waals surface area contributed by atoms with Crippen LogP contribution in [0.1, 0.15) is 24.0 Å². The van der Waals surface area contributed by atoms with E-state index in [4.69, 9.17) is 10.8 Å². The molecule has 2 amide bonds. The van der Waals surface area contributed by atoms with Gasteiger partial charge in [0.2, 0.25) is 11.8 Å². The summed E-state index contributed by atoms with van der Waals surface area (Å²) in [5, 5.41) is 11.3. The van der Waals surface area contributed by atoms with Crippen molar-refractivity contribution in [2.45, 2.75) is 25.8 Å². The van der Waals surface area contributed by atoms with Gasteiger partial charge in [-0.1, -0.05) is 29.8 Å². The number of nitrogens with one attached hydrogen (secondary N) is 1. The SMILES string of the molecule is Cc1cccc(/C=C/C(=O)N[C@H](CCC(N)=O)C(=O)O)c1. The van der Waals surface area contributed by atoms with E-state index < -0.39 is 23.8 Å². The number of rotatable bonds is 7. The van der Waals surface area contributed by atoms with Gasteiger partial charge in [-0.15, -0.1) is 0 Å².